The van der Waals surface area contributed by atoms with Gasteiger partial charge in [0.15, 0.2) is 0 Å². The number of hydrogen-bond acceptors (Lipinski definition) is 5. The zero-order chi connectivity index (χ0) is 22.0. The largest absolute Gasteiger partial charge is 0.379 e. The van der Waals surface area contributed by atoms with Crippen molar-refractivity contribution in [2.24, 2.45) is 5.92 Å². The zero-order valence-electron chi connectivity index (χ0n) is 17.3. The Bertz CT molecular complexity index is 1080. The summed E-state index contributed by atoms with van der Waals surface area (Å²) in [5, 5.41) is 2.80. The molecule has 2 aliphatic heterocycles. The van der Waals surface area contributed by atoms with Crippen LogP contribution < -0.4 is 10.2 Å². The number of rotatable bonds is 5. The summed E-state index contributed by atoms with van der Waals surface area (Å²) in [7, 11) is -3.58. The first-order valence-electron chi connectivity index (χ1n) is 10.2. The van der Waals surface area contributed by atoms with E-state index in [1.165, 1.54) is 16.4 Å². The fourth-order valence-electron chi connectivity index (χ4n) is 3.82. The molecular weight excluding hydrogens is 418 g/mol. The van der Waals surface area contributed by atoms with Crippen LogP contribution >= 0.6 is 0 Å². The molecule has 164 valence electrons. The summed E-state index contributed by atoms with van der Waals surface area (Å²) in [4.78, 5) is 26.9. The average molecular weight is 444 g/mol. The highest BCUT2D eigenvalue weighted by Crippen LogP contribution is 2.27. The Balaban J connectivity index is 1.40. The quantitative estimate of drug-likeness (QED) is 0.763. The minimum Gasteiger partial charge on any atom is -0.379 e. The lowest BCUT2D eigenvalue weighted by Gasteiger charge is -2.26. The molecule has 0 aromatic heterocycles. The highest BCUT2D eigenvalue weighted by Gasteiger charge is 2.35. The molecule has 0 unspecified atom stereocenters. The van der Waals surface area contributed by atoms with Gasteiger partial charge in [0, 0.05) is 37.4 Å². The SMILES string of the molecule is Cc1cccc(N2C[C@H](C(=O)Nc3ccc(S(=O)(=O)N4CCOCC4)cc3)CC2=O)c1. The smallest absolute Gasteiger partial charge is 0.243 e. The summed E-state index contributed by atoms with van der Waals surface area (Å²) < 4.78 is 32.0. The summed E-state index contributed by atoms with van der Waals surface area (Å²) >= 11 is 0. The maximum absolute atomic E-state index is 12.7. The van der Waals surface area contributed by atoms with Crippen molar-refractivity contribution in [3.05, 3.63) is 54.1 Å². The molecule has 0 radical (unpaired) electrons. The number of carbonyl (C=O) groups excluding carboxylic acids is 2. The Morgan fingerprint density at radius 3 is 2.48 bits per heavy atom. The van der Waals surface area contributed by atoms with Gasteiger partial charge in [-0.15, -0.1) is 0 Å². The van der Waals surface area contributed by atoms with Crippen molar-refractivity contribution < 1.29 is 22.7 Å². The summed E-state index contributed by atoms with van der Waals surface area (Å²) in [6.07, 6.45) is 0.142. The number of benzene rings is 2. The summed E-state index contributed by atoms with van der Waals surface area (Å²) in [5.74, 6) is -0.810. The predicted molar refractivity (Wildman–Crippen MR) is 116 cm³/mol. The topological polar surface area (TPSA) is 96.0 Å². The second kappa shape index (κ2) is 8.78. The number of hydrogen-bond donors (Lipinski definition) is 1. The molecule has 31 heavy (non-hydrogen) atoms. The lowest BCUT2D eigenvalue weighted by atomic mass is 10.1. The number of anilines is 2. The van der Waals surface area contributed by atoms with Gasteiger partial charge < -0.3 is 15.0 Å². The first-order valence-corrected chi connectivity index (χ1v) is 11.6. The third-order valence-electron chi connectivity index (χ3n) is 5.54. The van der Waals surface area contributed by atoms with Crippen LogP contribution in [-0.4, -0.2) is 57.4 Å². The Hall–Kier alpha value is -2.75. The van der Waals surface area contributed by atoms with E-state index in [0.29, 0.717) is 38.5 Å². The van der Waals surface area contributed by atoms with Crippen LogP contribution in [-0.2, 0) is 24.3 Å². The summed E-state index contributed by atoms with van der Waals surface area (Å²) in [5.41, 5.74) is 2.33. The van der Waals surface area contributed by atoms with E-state index in [0.717, 1.165) is 11.3 Å². The lowest BCUT2D eigenvalue weighted by Crippen LogP contribution is -2.40. The number of nitrogens with zero attached hydrogens (tertiary/aromatic N) is 2. The molecule has 2 fully saturated rings. The molecule has 2 heterocycles. The van der Waals surface area contributed by atoms with Gasteiger partial charge in [-0.3, -0.25) is 9.59 Å². The van der Waals surface area contributed by atoms with E-state index in [4.69, 9.17) is 4.74 Å². The predicted octanol–water partition coefficient (Wildman–Crippen LogP) is 2.01. The van der Waals surface area contributed by atoms with Gasteiger partial charge in [0.25, 0.3) is 0 Å². The molecule has 0 aliphatic carbocycles. The molecule has 4 rings (SSSR count). The Morgan fingerprint density at radius 2 is 1.81 bits per heavy atom. The molecular formula is C22H25N3O5S. The molecule has 1 atom stereocenters. The Labute approximate surface area is 181 Å². The van der Waals surface area contributed by atoms with E-state index < -0.39 is 15.9 Å². The van der Waals surface area contributed by atoms with E-state index >= 15 is 0 Å². The normalized spacial score (nSPS) is 20.1. The summed E-state index contributed by atoms with van der Waals surface area (Å²) in [6.45, 7) is 3.69. The van der Waals surface area contributed by atoms with Gasteiger partial charge >= 0.3 is 0 Å². The van der Waals surface area contributed by atoms with Crippen LogP contribution in [0.1, 0.15) is 12.0 Å². The molecule has 2 aromatic carbocycles. The number of amides is 2. The Kier molecular flexibility index (Phi) is 6.08. The van der Waals surface area contributed by atoms with Gasteiger partial charge in [0.2, 0.25) is 21.8 Å². The number of ether oxygens (including phenoxy) is 1. The van der Waals surface area contributed by atoms with E-state index in [1.54, 1.807) is 17.0 Å². The fraction of sp³-hybridized carbons (Fsp3) is 0.364. The van der Waals surface area contributed by atoms with E-state index in [9.17, 15) is 18.0 Å². The molecule has 9 heteroatoms. The summed E-state index contributed by atoms with van der Waals surface area (Å²) in [6, 6.07) is 13.7. The van der Waals surface area contributed by atoms with Crippen LogP contribution in [0, 0.1) is 12.8 Å². The third kappa shape index (κ3) is 4.63. The van der Waals surface area contributed by atoms with Gasteiger partial charge in [-0.2, -0.15) is 4.31 Å². The number of sulfonamides is 1. The molecule has 1 N–H and O–H groups in total. The Morgan fingerprint density at radius 1 is 1.10 bits per heavy atom. The van der Waals surface area contributed by atoms with Gasteiger partial charge in [-0.05, 0) is 48.9 Å². The second-order valence-electron chi connectivity index (χ2n) is 7.77. The standard InChI is InChI=1S/C22H25N3O5S/c1-16-3-2-4-19(13-16)25-15-17(14-21(25)26)22(27)23-18-5-7-20(8-6-18)31(28,29)24-9-11-30-12-10-24/h2-8,13,17H,9-12,14-15H2,1H3,(H,23,27)/t17-/m1/s1. The highest BCUT2D eigenvalue weighted by molar-refractivity contribution is 7.89. The van der Waals surface area contributed by atoms with E-state index in [-0.39, 0.29) is 23.1 Å². The minimum absolute atomic E-state index is 0.0855. The molecule has 0 saturated carbocycles. The molecule has 0 spiro atoms. The van der Waals surface area contributed by atoms with Crippen molar-refractivity contribution in [2.75, 3.05) is 43.1 Å². The second-order valence-corrected chi connectivity index (χ2v) is 9.71. The van der Waals surface area contributed by atoms with Crippen molar-refractivity contribution in [2.45, 2.75) is 18.2 Å². The van der Waals surface area contributed by atoms with Gasteiger partial charge in [-0.25, -0.2) is 8.42 Å². The van der Waals surface area contributed by atoms with Crippen LogP contribution in [0.25, 0.3) is 0 Å². The average Bonchev–Trinajstić information content (AvgIpc) is 3.16. The highest BCUT2D eigenvalue weighted by atomic mass is 32.2. The van der Waals surface area contributed by atoms with Gasteiger partial charge in [0.1, 0.15) is 0 Å². The van der Waals surface area contributed by atoms with Crippen LogP contribution in [0.15, 0.2) is 53.4 Å². The zero-order valence-corrected chi connectivity index (χ0v) is 18.1. The van der Waals surface area contributed by atoms with Crippen molar-refractivity contribution in [3.8, 4) is 0 Å². The van der Waals surface area contributed by atoms with Crippen molar-refractivity contribution in [1.82, 2.24) is 4.31 Å². The van der Waals surface area contributed by atoms with Crippen LogP contribution in [0.3, 0.4) is 0 Å². The minimum atomic E-state index is -3.58. The first-order chi connectivity index (χ1) is 14.8. The van der Waals surface area contributed by atoms with Gasteiger partial charge in [-0.1, -0.05) is 12.1 Å². The number of carbonyl (C=O) groups is 2. The van der Waals surface area contributed by atoms with Crippen molar-refractivity contribution >= 4 is 33.2 Å². The fourth-order valence-corrected chi connectivity index (χ4v) is 5.23. The maximum Gasteiger partial charge on any atom is 0.243 e. The first kappa shape index (κ1) is 21.5. The molecule has 8 nitrogen and oxygen atoms in total. The molecule has 2 saturated heterocycles. The molecule has 2 amide bonds. The van der Waals surface area contributed by atoms with Crippen LogP contribution in [0.2, 0.25) is 0 Å². The van der Waals surface area contributed by atoms with Crippen molar-refractivity contribution in [1.29, 1.82) is 0 Å². The van der Waals surface area contributed by atoms with E-state index in [2.05, 4.69) is 5.32 Å². The monoisotopic (exact) mass is 443 g/mol. The number of nitrogens with one attached hydrogen (secondary N) is 1. The molecule has 2 aromatic rings. The number of morpholine rings is 1. The van der Waals surface area contributed by atoms with Crippen molar-refractivity contribution in [3.63, 3.8) is 0 Å². The van der Waals surface area contributed by atoms with E-state index in [1.807, 2.05) is 31.2 Å². The number of aryl methyl sites for hydroxylation is 1. The lowest BCUT2D eigenvalue weighted by molar-refractivity contribution is -0.122. The molecule has 2 aliphatic rings. The van der Waals surface area contributed by atoms with Crippen LogP contribution in [0.4, 0.5) is 11.4 Å². The van der Waals surface area contributed by atoms with Crippen LogP contribution in [0.5, 0.6) is 0 Å². The maximum atomic E-state index is 12.7. The van der Waals surface area contributed by atoms with Gasteiger partial charge in [0.05, 0.1) is 24.0 Å². The molecule has 0 bridgehead atoms. The third-order valence-corrected chi connectivity index (χ3v) is 7.45.